The van der Waals surface area contributed by atoms with Gasteiger partial charge >= 0.3 is 174 Å². The Balaban J connectivity index is 0.00000256. The molecule has 4 nitrogen and oxygen atoms in total. The van der Waals surface area contributed by atoms with Crippen molar-refractivity contribution in [3.8, 4) is 0 Å². The second-order valence-corrected chi connectivity index (χ2v) is 14.2. The molecule has 0 saturated carbocycles. The molecule has 4 aromatic rings. The fourth-order valence-corrected chi connectivity index (χ4v) is 12.4. The number of nitrogens with two attached hydrogens (primary N) is 4. The first-order valence-corrected chi connectivity index (χ1v) is 13.1. The smallest absolute Gasteiger partial charge is 1.00 e. The number of benzene rings is 4. The van der Waals surface area contributed by atoms with E-state index in [4.69, 9.17) is 22.9 Å². The van der Waals surface area contributed by atoms with Crippen LogP contribution in [0, 0.1) is 0 Å². The molecule has 152 valence electrons. The molecule has 0 spiro atoms. The van der Waals surface area contributed by atoms with Crippen LogP contribution >= 0.6 is 0 Å². The largest absolute Gasteiger partial charge is 1.00 e. The average Bonchev–Trinajstić information content (AvgIpc) is 2.73. The molecular formula is C24H24AsClN4. The van der Waals surface area contributed by atoms with Crippen molar-refractivity contribution in [1.82, 2.24) is 0 Å². The Morgan fingerprint density at radius 1 is 0.333 bits per heavy atom. The number of hydrogen-bond donors (Lipinski definition) is 4. The van der Waals surface area contributed by atoms with Gasteiger partial charge in [-0.1, -0.05) is 0 Å². The van der Waals surface area contributed by atoms with E-state index < -0.39 is 13.6 Å². The predicted molar refractivity (Wildman–Crippen MR) is 128 cm³/mol. The summed E-state index contributed by atoms with van der Waals surface area (Å²) in [6.45, 7) is 0. The summed E-state index contributed by atoms with van der Waals surface area (Å²) >= 11 is -3.10. The summed E-state index contributed by atoms with van der Waals surface area (Å²) in [4.78, 5) is 0. The Morgan fingerprint density at radius 2 is 0.500 bits per heavy atom. The van der Waals surface area contributed by atoms with Crippen molar-refractivity contribution in [2.75, 3.05) is 22.9 Å². The van der Waals surface area contributed by atoms with Crippen LogP contribution in [0.5, 0.6) is 0 Å². The molecular weight excluding hydrogens is 455 g/mol. The van der Waals surface area contributed by atoms with Crippen molar-refractivity contribution in [3.05, 3.63) is 97.1 Å². The molecule has 0 saturated heterocycles. The van der Waals surface area contributed by atoms with Crippen molar-refractivity contribution in [2.45, 2.75) is 0 Å². The fourth-order valence-electron chi connectivity index (χ4n) is 3.69. The van der Waals surface area contributed by atoms with Crippen molar-refractivity contribution < 1.29 is 12.4 Å². The van der Waals surface area contributed by atoms with Gasteiger partial charge in [0, 0.05) is 0 Å². The minimum absolute atomic E-state index is 0. The van der Waals surface area contributed by atoms with Crippen molar-refractivity contribution in [1.29, 1.82) is 0 Å². The molecule has 0 aliphatic carbocycles. The van der Waals surface area contributed by atoms with E-state index in [1.807, 2.05) is 48.5 Å². The standard InChI is InChI=1S/C24H24AsN4.ClH/c26-21-9-1-17(2-10-21)25(18-3-11-22(27)12-4-18,19-5-13-23(28)14-6-19)20-7-15-24(29)16-8-20;/h1-16H,26-29H2;1H/q+1;/p-1. The molecule has 4 aromatic carbocycles. The van der Waals surface area contributed by atoms with Gasteiger partial charge in [0.1, 0.15) is 0 Å². The van der Waals surface area contributed by atoms with Gasteiger partial charge in [0.05, 0.1) is 0 Å². The Kier molecular flexibility index (Phi) is 6.30. The maximum absolute atomic E-state index is 6.02. The molecule has 0 amide bonds. The molecule has 0 atom stereocenters. The first kappa shape index (κ1) is 21.6. The van der Waals surface area contributed by atoms with E-state index in [1.165, 1.54) is 17.4 Å². The normalized spacial score (nSPS) is 10.9. The zero-order chi connectivity index (χ0) is 20.4. The van der Waals surface area contributed by atoms with E-state index in [9.17, 15) is 0 Å². The van der Waals surface area contributed by atoms with Gasteiger partial charge in [-0.15, -0.1) is 0 Å². The van der Waals surface area contributed by atoms with E-state index in [1.54, 1.807) is 0 Å². The Hall–Kier alpha value is -3.07. The molecule has 0 aromatic heterocycles. The molecule has 0 unspecified atom stereocenters. The van der Waals surface area contributed by atoms with Gasteiger partial charge in [0.15, 0.2) is 0 Å². The summed E-state index contributed by atoms with van der Waals surface area (Å²) in [5.41, 5.74) is 27.0. The summed E-state index contributed by atoms with van der Waals surface area (Å²) in [5, 5.41) is 0. The summed E-state index contributed by atoms with van der Waals surface area (Å²) in [5.74, 6) is 0. The van der Waals surface area contributed by atoms with E-state index in [2.05, 4.69) is 48.5 Å². The summed E-state index contributed by atoms with van der Waals surface area (Å²) in [6.07, 6.45) is 0. The third-order valence-corrected chi connectivity index (χ3v) is 14.1. The minimum atomic E-state index is -3.10. The van der Waals surface area contributed by atoms with E-state index in [-0.39, 0.29) is 12.4 Å². The first-order valence-electron chi connectivity index (χ1n) is 9.33. The van der Waals surface area contributed by atoms with Gasteiger partial charge < -0.3 is 12.4 Å². The number of anilines is 4. The summed E-state index contributed by atoms with van der Waals surface area (Å²) in [6, 6.07) is 32.9. The van der Waals surface area contributed by atoms with Gasteiger partial charge in [-0.3, -0.25) is 0 Å². The molecule has 0 fully saturated rings. The molecule has 30 heavy (non-hydrogen) atoms. The molecule has 6 heteroatoms. The monoisotopic (exact) mass is 478 g/mol. The van der Waals surface area contributed by atoms with Crippen LogP contribution < -0.4 is 52.7 Å². The van der Waals surface area contributed by atoms with Crippen LogP contribution in [0.1, 0.15) is 0 Å². The van der Waals surface area contributed by atoms with Crippen molar-refractivity contribution >= 4 is 53.7 Å². The average molecular weight is 479 g/mol. The van der Waals surface area contributed by atoms with Gasteiger partial charge in [0.25, 0.3) is 0 Å². The van der Waals surface area contributed by atoms with Gasteiger partial charge in [-0.05, 0) is 0 Å². The van der Waals surface area contributed by atoms with Crippen LogP contribution in [0.25, 0.3) is 0 Å². The van der Waals surface area contributed by atoms with Gasteiger partial charge in [-0.25, -0.2) is 0 Å². The number of halogens is 1. The van der Waals surface area contributed by atoms with Crippen molar-refractivity contribution in [2.24, 2.45) is 0 Å². The second-order valence-electron chi connectivity index (χ2n) is 7.04. The van der Waals surface area contributed by atoms with Crippen LogP contribution in [0.2, 0.25) is 0 Å². The van der Waals surface area contributed by atoms with E-state index >= 15 is 0 Å². The third kappa shape index (κ3) is 3.84. The molecule has 8 N–H and O–H groups in total. The number of rotatable bonds is 4. The Morgan fingerprint density at radius 3 is 0.667 bits per heavy atom. The molecule has 0 radical (unpaired) electrons. The minimum Gasteiger partial charge on any atom is -1.00 e. The third-order valence-electron chi connectivity index (χ3n) is 5.12. The second kappa shape index (κ2) is 8.74. The predicted octanol–water partition coefficient (Wildman–Crippen LogP) is -1.60. The summed E-state index contributed by atoms with van der Waals surface area (Å²) < 4.78 is 5.04. The van der Waals surface area contributed by atoms with Crippen LogP contribution in [0.15, 0.2) is 97.1 Å². The van der Waals surface area contributed by atoms with Crippen molar-refractivity contribution in [3.63, 3.8) is 0 Å². The van der Waals surface area contributed by atoms with E-state index in [0.29, 0.717) is 0 Å². The van der Waals surface area contributed by atoms with Crippen LogP contribution in [-0.2, 0) is 0 Å². The van der Waals surface area contributed by atoms with Crippen LogP contribution in [0.4, 0.5) is 22.7 Å². The quantitative estimate of drug-likeness (QED) is 0.209. The molecule has 0 heterocycles. The number of nitrogen functional groups attached to an aromatic ring is 4. The summed E-state index contributed by atoms with van der Waals surface area (Å²) in [7, 11) is 0. The van der Waals surface area contributed by atoms with Crippen LogP contribution in [-0.4, -0.2) is 13.6 Å². The zero-order valence-corrected chi connectivity index (χ0v) is 19.0. The Labute approximate surface area is 185 Å². The Bertz CT molecular complexity index is 922. The van der Waals surface area contributed by atoms with E-state index in [0.717, 1.165) is 22.7 Å². The number of hydrogen-bond acceptors (Lipinski definition) is 4. The SMILES string of the molecule is Nc1ccc([As+](c2ccc(N)cc2)(c2ccc(N)cc2)c2ccc(N)cc2)cc1.[Cl-]. The maximum Gasteiger partial charge on any atom is -1.00 e. The molecule has 0 bridgehead atoms. The first-order chi connectivity index (χ1) is 14.0. The fraction of sp³-hybridized carbons (Fsp3) is 0. The van der Waals surface area contributed by atoms with Crippen LogP contribution in [0.3, 0.4) is 0 Å². The molecule has 0 aliphatic heterocycles. The zero-order valence-electron chi connectivity index (χ0n) is 16.4. The maximum atomic E-state index is 6.02. The van der Waals surface area contributed by atoms with Gasteiger partial charge in [0.2, 0.25) is 0 Å². The molecule has 0 aliphatic rings. The topological polar surface area (TPSA) is 104 Å². The molecule has 4 rings (SSSR count). The van der Waals surface area contributed by atoms with Gasteiger partial charge in [-0.2, -0.15) is 0 Å².